The molecule has 26 heavy (non-hydrogen) atoms. The average Bonchev–Trinajstić information content (AvgIpc) is 3.02. The minimum atomic E-state index is -0.0889. The second-order valence-corrected chi connectivity index (χ2v) is 7.26. The Morgan fingerprint density at radius 2 is 2.23 bits per heavy atom. The van der Waals surface area contributed by atoms with Gasteiger partial charge in [0.1, 0.15) is 12.4 Å². The second-order valence-electron chi connectivity index (χ2n) is 7.26. The van der Waals surface area contributed by atoms with Crippen LogP contribution < -0.4 is 15.4 Å². The van der Waals surface area contributed by atoms with E-state index in [4.69, 9.17) is 4.74 Å². The first-order chi connectivity index (χ1) is 12.5. The number of ether oxygens (including phenoxy) is 1. The van der Waals surface area contributed by atoms with Gasteiger partial charge in [0.15, 0.2) is 5.96 Å². The predicted molar refractivity (Wildman–Crippen MR) is 107 cm³/mol. The van der Waals surface area contributed by atoms with Crippen molar-refractivity contribution in [2.75, 3.05) is 38.6 Å². The Kier molecular flexibility index (Phi) is 7.75. The number of nitrogens with one attached hydrogen (secondary N) is 2. The van der Waals surface area contributed by atoms with Crippen molar-refractivity contribution in [2.24, 2.45) is 16.8 Å². The summed E-state index contributed by atoms with van der Waals surface area (Å²) < 4.78 is 5.77. The van der Waals surface area contributed by atoms with E-state index in [9.17, 15) is 4.79 Å². The van der Waals surface area contributed by atoms with Gasteiger partial charge in [-0.3, -0.25) is 9.79 Å². The van der Waals surface area contributed by atoms with Gasteiger partial charge in [0.2, 0.25) is 5.91 Å². The smallest absolute Gasteiger partial charge is 0.221 e. The van der Waals surface area contributed by atoms with Gasteiger partial charge in [0.25, 0.3) is 0 Å². The molecule has 1 aromatic carbocycles. The fourth-order valence-corrected chi connectivity index (χ4v) is 3.41. The summed E-state index contributed by atoms with van der Waals surface area (Å²) in [6, 6.07) is 7.42. The van der Waals surface area contributed by atoms with Crippen LogP contribution in [0.2, 0.25) is 0 Å². The number of nitrogens with zero attached hydrogens (tertiary/aromatic N) is 2. The molecular formula is C20H32N4O2. The van der Waals surface area contributed by atoms with E-state index in [2.05, 4.69) is 34.4 Å². The van der Waals surface area contributed by atoms with Crippen molar-refractivity contribution in [2.45, 2.75) is 33.6 Å². The molecule has 0 bridgehead atoms. The van der Waals surface area contributed by atoms with E-state index in [1.165, 1.54) is 19.8 Å². The Morgan fingerprint density at radius 1 is 1.42 bits per heavy atom. The lowest BCUT2D eigenvalue weighted by Crippen LogP contribution is -2.41. The molecule has 1 amide bonds. The molecule has 6 nitrogen and oxygen atoms in total. The van der Waals surface area contributed by atoms with Gasteiger partial charge in [-0.1, -0.05) is 19.9 Å². The maximum atomic E-state index is 11.1. The first-order valence-corrected chi connectivity index (χ1v) is 9.44. The van der Waals surface area contributed by atoms with Gasteiger partial charge in [-0.15, -0.1) is 0 Å². The van der Waals surface area contributed by atoms with Crippen molar-refractivity contribution in [3.8, 4) is 5.75 Å². The highest BCUT2D eigenvalue weighted by molar-refractivity contribution is 5.88. The lowest BCUT2D eigenvalue weighted by atomic mass is 9.97. The van der Waals surface area contributed by atoms with E-state index in [0.29, 0.717) is 13.2 Å². The summed E-state index contributed by atoms with van der Waals surface area (Å²) in [4.78, 5) is 17.9. The summed E-state index contributed by atoms with van der Waals surface area (Å²) in [6.07, 6.45) is 2.52. The van der Waals surface area contributed by atoms with Gasteiger partial charge < -0.3 is 20.3 Å². The monoisotopic (exact) mass is 360 g/mol. The summed E-state index contributed by atoms with van der Waals surface area (Å²) in [5, 5.41) is 6.14. The number of rotatable bonds is 7. The molecule has 144 valence electrons. The SMILES string of the molecule is CN=C(NCCOc1cccc(NC(C)=O)c1)N1CCC(CC(C)C)C1. The van der Waals surface area contributed by atoms with Crippen LogP contribution in [0.4, 0.5) is 5.69 Å². The van der Waals surface area contributed by atoms with E-state index in [-0.39, 0.29) is 5.91 Å². The summed E-state index contributed by atoms with van der Waals surface area (Å²) >= 11 is 0. The Labute approximate surface area is 157 Å². The Bertz CT molecular complexity index is 616. The van der Waals surface area contributed by atoms with Gasteiger partial charge in [-0.2, -0.15) is 0 Å². The third-order valence-electron chi connectivity index (χ3n) is 4.41. The number of benzene rings is 1. The first kappa shape index (κ1) is 20.1. The lowest BCUT2D eigenvalue weighted by Gasteiger charge is -2.22. The summed E-state index contributed by atoms with van der Waals surface area (Å²) in [5.74, 6) is 3.12. The molecule has 1 saturated heterocycles. The number of anilines is 1. The zero-order chi connectivity index (χ0) is 18.9. The number of guanidine groups is 1. The molecule has 2 N–H and O–H groups in total. The van der Waals surface area contributed by atoms with E-state index in [1.54, 1.807) is 0 Å². The molecule has 0 spiro atoms. The van der Waals surface area contributed by atoms with Crippen LogP contribution in [-0.2, 0) is 4.79 Å². The third kappa shape index (κ3) is 6.58. The van der Waals surface area contributed by atoms with Crippen LogP contribution in [0.3, 0.4) is 0 Å². The van der Waals surface area contributed by atoms with Crippen LogP contribution in [0.25, 0.3) is 0 Å². The minimum absolute atomic E-state index is 0.0889. The van der Waals surface area contributed by atoms with Crippen LogP contribution in [0.1, 0.15) is 33.6 Å². The molecule has 0 aromatic heterocycles. The quantitative estimate of drug-likeness (QED) is 0.446. The largest absolute Gasteiger partial charge is 0.492 e. The molecule has 1 heterocycles. The highest BCUT2D eigenvalue weighted by Crippen LogP contribution is 2.23. The van der Waals surface area contributed by atoms with E-state index < -0.39 is 0 Å². The molecule has 1 unspecified atom stereocenters. The Balaban J connectivity index is 1.74. The number of aliphatic imine (C=N–C) groups is 1. The summed E-state index contributed by atoms with van der Waals surface area (Å²) in [7, 11) is 1.83. The lowest BCUT2D eigenvalue weighted by molar-refractivity contribution is -0.114. The molecule has 0 aliphatic carbocycles. The van der Waals surface area contributed by atoms with Crippen LogP contribution in [0, 0.1) is 11.8 Å². The zero-order valence-corrected chi connectivity index (χ0v) is 16.4. The summed E-state index contributed by atoms with van der Waals surface area (Å²) in [6.45, 7) is 9.43. The summed E-state index contributed by atoms with van der Waals surface area (Å²) in [5.41, 5.74) is 0.743. The fourth-order valence-electron chi connectivity index (χ4n) is 3.41. The molecule has 1 aliphatic rings. The van der Waals surface area contributed by atoms with Crippen LogP contribution >= 0.6 is 0 Å². The third-order valence-corrected chi connectivity index (χ3v) is 4.41. The van der Waals surface area contributed by atoms with Crippen LogP contribution in [-0.4, -0.2) is 50.1 Å². The maximum absolute atomic E-state index is 11.1. The molecule has 0 radical (unpaired) electrons. The van der Waals surface area contributed by atoms with E-state index in [1.807, 2.05) is 31.3 Å². The molecular weight excluding hydrogens is 328 g/mol. The van der Waals surface area contributed by atoms with Gasteiger partial charge in [-0.05, 0) is 36.8 Å². The first-order valence-electron chi connectivity index (χ1n) is 9.44. The number of hydrogen-bond acceptors (Lipinski definition) is 3. The molecule has 1 aliphatic heterocycles. The average molecular weight is 361 g/mol. The van der Waals surface area contributed by atoms with Crippen molar-refractivity contribution < 1.29 is 9.53 Å². The number of carbonyl (C=O) groups excluding carboxylic acids is 1. The molecule has 1 aromatic rings. The van der Waals surface area contributed by atoms with Crippen LogP contribution in [0.15, 0.2) is 29.3 Å². The van der Waals surface area contributed by atoms with Gasteiger partial charge >= 0.3 is 0 Å². The normalized spacial score (nSPS) is 17.5. The second kappa shape index (κ2) is 10.0. The fraction of sp³-hybridized carbons (Fsp3) is 0.600. The number of carbonyl (C=O) groups is 1. The van der Waals surface area contributed by atoms with Crippen molar-refractivity contribution in [3.63, 3.8) is 0 Å². The molecule has 2 rings (SSSR count). The molecule has 0 saturated carbocycles. The van der Waals surface area contributed by atoms with Gasteiger partial charge in [-0.25, -0.2) is 0 Å². The number of amides is 1. The Hall–Kier alpha value is -2.24. The van der Waals surface area contributed by atoms with Crippen molar-refractivity contribution in [1.82, 2.24) is 10.2 Å². The highest BCUT2D eigenvalue weighted by Gasteiger charge is 2.25. The minimum Gasteiger partial charge on any atom is -0.492 e. The predicted octanol–water partition coefficient (Wildman–Crippen LogP) is 2.97. The van der Waals surface area contributed by atoms with E-state index >= 15 is 0 Å². The van der Waals surface area contributed by atoms with Crippen molar-refractivity contribution >= 4 is 17.6 Å². The van der Waals surface area contributed by atoms with Crippen LogP contribution in [0.5, 0.6) is 5.75 Å². The van der Waals surface area contributed by atoms with Crippen molar-refractivity contribution in [3.05, 3.63) is 24.3 Å². The highest BCUT2D eigenvalue weighted by atomic mass is 16.5. The van der Waals surface area contributed by atoms with E-state index in [0.717, 1.165) is 42.3 Å². The van der Waals surface area contributed by atoms with Gasteiger partial charge in [0, 0.05) is 38.8 Å². The number of hydrogen-bond donors (Lipinski definition) is 2. The molecule has 1 fully saturated rings. The maximum Gasteiger partial charge on any atom is 0.221 e. The molecule has 1 atom stereocenters. The topological polar surface area (TPSA) is 66.0 Å². The standard InChI is InChI=1S/C20H32N4O2/c1-15(2)12-17-8-10-24(14-17)20(21-4)22-9-11-26-19-7-5-6-18(13-19)23-16(3)25/h5-7,13,15,17H,8-12,14H2,1-4H3,(H,21,22)(H,23,25). The van der Waals surface area contributed by atoms with Crippen molar-refractivity contribution in [1.29, 1.82) is 0 Å². The Morgan fingerprint density at radius 3 is 2.92 bits per heavy atom. The molecule has 6 heteroatoms. The zero-order valence-electron chi connectivity index (χ0n) is 16.4. The number of likely N-dealkylation sites (tertiary alicyclic amines) is 1. The van der Waals surface area contributed by atoms with Gasteiger partial charge in [0.05, 0.1) is 6.54 Å².